The highest BCUT2D eigenvalue weighted by molar-refractivity contribution is 9.10. The molecule has 0 saturated heterocycles. The smallest absolute Gasteiger partial charge is 0.307 e. The summed E-state index contributed by atoms with van der Waals surface area (Å²) in [4.78, 5) is 23.4. The summed E-state index contributed by atoms with van der Waals surface area (Å²) < 4.78 is 0.787. The van der Waals surface area contributed by atoms with Gasteiger partial charge in [0.2, 0.25) is 0 Å². The van der Waals surface area contributed by atoms with Gasteiger partial charge in [-0.05, 0) is 47.1 Å². The number of ketones is 1. The minimum absolute atomic E-state index is 0.0956. The van der Waals surface area contributed by atoms with E-state index in [0.717, 1.165) is 4.47 Å². The molecule has 0 aliphatic rings. The van der Waals surface area contributed by atoms with Crippen LogP contribution in [0, 0.1) is 0 Å². The molecule has 0 saturated carbocycles. The Bertz CT molecular complexity index is 656. The lowest BCUT2D eigenvalue weighted by molar-refractivity contribution is 0.101. The van der Waals surface area contributed by atoms with E-state index in [0.29, 0.717) is 16.9 Å². The number of carbonyl (C=O) groups excluding carboxylic acids is 2. The molecule has 0 atom stereocenters. The lowest BCUT2D eigenvalue weighted by Gasteiger charge is -2.11. The number of Topliss-reactive ketones (excluding diaryl/α,β-unsaturated/α-hetero) is 1. The highest BCUT2D eigenvalue weighted by atomic mass is 79.9. The van der Waals surface area contributed by atoms with E-state index in [1.54, 1.807) is 30.3 Å². The number of carbonyl (C=O) groups is 2. The molecule has 0 spiro atoms. The molecular formula is C15H13BrN2O2. The molecule has 0 aliphatic heterocycles. The average Bonchev–Trinajstić information content (AvgIpc) is 2.41. The number of para-hydroxylation sites is 2. The molecule has 0 bridgehead atoms. The molecule has 0 unspecified atom stereocenters. The zero-order chi connectivity index (χ0) is 14.5. The maximum Gasteiger partial charge on any atom is 0.323 e. The van der Waals surface area contributed by atoms with Gasteiger partial charge in [0.15, 0.2) is 5.78 Å². The van der Waals surface area contributed by atoms with Crippen molar-refractivity contribution in [1.29, 1.82) is 0 Å². The number of urea groups is 1. The fourth-order valence-corrected chi connectivity index (χ4v) is 2.12. The van der Waals surface area contributed by atoms with E-state index in [1.165, 1.54) is 6.92 Å². The molecule has 2 amide bonds. The van der Waals surface area contributed by atoms with Crippen molar-refractivity contribution in [3.05, 3.63) is 58.6 Å². The predicted molar refractivity (Wildman–Crippen MR) is 83.2 cm³/mol. The van der Waals surface area contributed by atoms with Crippen LogP contribution in [0.1, 0.15) is 17.3 Å². The van der Waals surface area contributed by atoms with Crippen LogP contribution in [0.25, 0.3) is 0 Å². The van der Waals surface area contributed by atoms with Gasteiger partial charge in [-0.2, -0.15) is 0 Å². The number of benzene rings is 2. The van der Waals surface area contributed by atoms with Crippen LogP contribution in [-0.4, -0.2) is 11.8 Å². The first-order chi connectivity index (χ1) is 9.58. The summed E-state index contributed by atoms with van der Waals surface area (Å²) in [6, 6.07) is 13.8. The first-order valence-corrected chi connectivity index (χ1v) is 6.79. The Morgan fingerprint density at radius 3 is 2.10 bits per heavy atom. The highest BCUT2D eigenvalue weighted by Crippen LogP contribution is 2.22. The molecule has 2 rings (SSSR count). The minimum atomic E-state index is -0.398. The van der Waals surface area contributed by atoms with Crippen LogP contribution in [-0.2, 0) is 0 Å². The Morgan fingerprint density at radius 1 is 0.900 bits per heavy atom. The van der Waals surface area contributed by atoms with Gasteiger partial charge >= 0.3 is 6.03 Å². The summed E-state index contributed by atoms with van der Waals surface area (Å²) in [6.07, 6.45) is 0. The van der Waals surface area contributed by atoms with E-state index >= 15 is 0 Å². The third-order valence-electron chi connectivity index (χ3n) is 2.68. The summed E-state index contributed by atoms with van der Waals surface area (Å²) in [7, 11) is 0. The van der Waals surface area contributed by atoms with Crippen molar-refractivity contribution in [3.63, 3.8) is 0 Å². The number of rotatable bonds is 3. The third kappa shape index (κ3) is 3.45. The van der Waals surface area contributed by atoms with Crippen molar-refractivity contribution in [2.24, 2.45) is 0 Å². The summed E-state index contributed by atoms with van der Waals surface area (Å²) in [6.45, 7) is 1.46. The van der Waals surface area contributed by atoms with Crippen molar-refractivity contribution in [3.8, 4) is 0 Å². The van der Waals surface area contributed by atoms with E-state index in [9.17, 15) is 9.59 Å². The van der Waals surface area contributed by atoms with Crippen LogP contribution in [0.4, 0.5) is 16.2 Å². The van der Waals surface area contributed by atoms with Crippen LogP contribution >= 0.6 is 15.9 Å². The predicted octanol–water partition coefficient (Wildman–Crippen LogP) is 4.30. The standard InChI is InChI=1S/C15H13BrN2O2/c1-10(19)11-6-2-4-8-13(11)17-15(20)18-14-9-5-3-7-12(14)16/h2-9H,1H3,(H2,17,18,20). The SMILES string of the molecule is CC(=O)c1ccccc1NC(=O)Nc1ccccc1Br. The summed E-state index contributed by atoms with van der Waals surface area (Å²) in [5.74, 6) is -0.0956. The maximum absolute atomic E-state index is 12.0. The van der Waals surface area contributed by atoms with Crippen molar-refractivity contribution in [2.75, 3.05) is 10.6 Å². The second-order valence-electron chi connectivity index (χ2n) is 4.16. The topological polar surface area (TPSA) is 58.2 Å². The van der Waals surface area contributed by atoms with Gasteiger partial charge in [-0.25, -0.2) is 4.79 Å². The molecule has 5 heteroatoms. The normalized spacial score (nSPS) is 9.90. The number of halogens is 1. The van der Waals surface area contributed by atoms with E-state index < -0.39 is 6.03 Å². The molecule has 20 heavy (non-hydrogen) atoms. The van der Waals surface area contributed by atoms with Gasteiger partial charge in [-0.1, -0.05) is 24.3 Å². The van der Waals surface area contributed by atoms with Crippen LogP contribution < -0.4 is 10.6 Å². The second-order valence-corrected chi connectivity index (χ2v) is 5.02. The van der Waals surface area contributed by atoms with E-state index in [-0.39, 0.29) is 5.78 Å². The fraction of sp³-hybridized carbons (Fsp3) is 0.0667. The second kappa shape index (κ2) is 6.34. The van der Waals surface area contributed by atoms with E-state index in [4.69, 9.17) is 0 Å². The lowest BCUT2D eigenvalue weighted by Crippen LogP contribution is -2.20. The van der Waals surface area contributed by atoms with E-state index in [2.05, 4.69) is 26.6 Å². The Hall–Kier alpha value is -2.14. The van der Waals surface area contributed by atoms with Gasteiger partial charge < -0.3 is 10.6 Å². The summed E-state index contributed by atoms with van der Waals surface area (Å²) in [5, 5.41) is 5.39. The quantitative estimate of drug-likeness (QED) is 0.823. The van der Waals surface area contributed by atoms with Gasteiger partial charge in [-0.3, -0.25) is 4.79 Å². The number of amides is 2. The molecule has 2 N–H and O–H groups in total. The lowest BCUT2D eigenvalue weighted by atomic mass is 10.1. The molecule has 0 heterocycles. The molecule has 4 nitrogen and oxygen atoms in total. The highest BCUT2D eigenvalue weighted by Gasteiger charge is 2.10. The van der Waals surface area contributed by atoms with Gasteiger partial charge in [0, 0.05) is 10.0 Å². The number of nitrogens with one attached hydrogen (secondary N) is 2. The number of hydrogen-bond acceptors (Lipinski definition) is 2. The monoisotopic (exact) mass is 332 g/mol. The van der Waals surface area contributed by atoms with Gasteiger partial charge in [0.25, 0.3) is 0 Å². The minimum Gasteiger partial charge on any atom is -0.307 e. The van der Waals surface area contributed by atoms with Crippen molar-refractivity contribution < 1.29 is 9.59 Å². The van der Waals surface area contributed by atoms with Crippen molar-refractivity contribution >= 4 is 39.1 Å². The van der Waals surface area contributed by atoms with Crippen molar-refractivity contribution in [1.82, 2.24) is 0 Å². The molecule has 0 aromatic heterocycles. The molecule has 0 fully saturated rings. The molecule has 0 radical (unpaired) electrons. The Balaban J connectivity index is 2.13. The van der Waals surface area contributed by atoms with Gasteiger partial charge in [-0.15, -0.1) is 0 Å². The maximum atomic E-state index is 12.0. The third-order valence-corrected chi connectivity index (χ3v) is 3.37. The molecule has 0 aliphatic carbocycles. The number of anilines is 2. The zero-order valence-corrected chi connectivity index (χ0v) is 12.4. The molecule has 2 aromatic rings. The van der Waals surface area contributed by atoms with Crippen molar-refractivity contribution in [2.45, 2.75) is 6.92 Å². The van der Waals surface area contributed by atoms with Gasteiger partial charge in [0.05, 0.1) is 11.4 Å². The van der Waals surface area contributed by atoms with Crippen LogP contribution in [0.15, 0.2) is 53.0 Å². The fourth-order valence-electron chi connectivity index (χ4n) is 1.74. The number of hydrogen-bond donors (Lipinski definition) is 2. The molecular weight excluding hydrogens is 320 g/mol. The molecule has 102 valence electrons. The Morgan fingerprint density at radius 2 is 1.45 bits per heavy atom. The average molecular weight is 333 g/mol. The van der Waals surface area contributed by atoms with Gasteiger partial charge in [0.1, 0.15) is 0 Å². The first kappa shape index (κ1) is 14.3. The first-order valence-electron chi connectivity index (χ1n) is 6.00. The Kier molecular flexibility index (Phi) is 4.53. The van der Waals surface area contributed by atoms with E-state index in [1.807, 2.05) is 18.2 Å². The summed E-state index contributed by atoms with van der Waals surface area (Å²) in [5.41, 5.74) is 1.63. The largest absolute Gasteiger partial charge is 0.323 e. The van der Waals surface area contributed by atoms with Crippen LogP contribution in [0.3, 0.4) is 0 Å². The van der Waals surface area contributed by atoms with Crippen LogP contribution in [0.2, 0.25) is 0 Å². The molecule has 2 aromatic carbocycles. The van der Waals surface area contributed by atoms with Crippen LogP contribution in [0.5, 0.6) is 0 Å². The summed E-state index contributed by atoms with van der Waals surface area (Å²) >= 11 is 3.35. The Labute approximate surface area is 125 Å². The zero-order valence-electron chi connectivity index (χ0n) is 10.8.